The molecule has 0 aliphatic heterocycles. The molecule has 0 spiro atoms. The molecule has 4 nitrogen and oxygen atoms in total. The van der Waals surface area contributed by atoms with Gasteiger partial charge in [-0.3, -0.25) is 4.79 Å². The Bertz CT molecular complexity index is 1020. The number of fused-ring (bicyclic) bond motifs is 1. The van der Waals surface area contributed by atoms with Gasteiger partial charge in [-0.1, -0.05) is 48.5 Å². The van der Waals surface area contributed by atoms with E-state index in [1.165, 1.54) is 21.9 Å². The average molecular weight is 419 g/mol. The van der Waals surface area contributed by atoms with E-state index in [0.717, 1.165) is 11.3 Å². The highest BCUT2D eigenvalue weighted by Crippen LogP contribution is 2.25. The Hall–Kier alpha value is -3.11. The van der Waals surface area contributed by atoms with Gasteiger partial charge in [0.1, 0.15) is 12.4 Å². The summed E-state index contributed by atoms with van der Waals surface area (Å²) >= 11 is 0. The highest BCUT2D eigenvalue weighted by atomic mass is 16.5. The molecule has 4 heteroatoms. The van der Waals surface area contributed by atoms with E-state index in [1.807, 2.05) is 31.2 Å². The van der Waals surface area contributed by atoms with Crippen molar-refractivity contribution in [3.63, 3.8) is 0 Å². The molecular formula is C27H30O4. The van der Waals surface area contributed by atoms with Crippen molar-refractivity contribution in [2.75, 3.05) is 19.8 Å². The van der Waals surface area contributed by atoms with E-state index in [4.69, 9.17) is 14.2 Å². The first kappa shape index (κ1) is 22.6. The predicted molar refractivity (Wildman–Crippen MR) is 125 cm³/mol. The van der Waals surface area contributed by atoms with Crippen molar-refractivity contribution in [2.45, 2.75) is 33.3 Å². The van der Waals surface area contributed by atoms with E-state index in [-0.39, 0.29) is 18.5 Å². The van der Waals surface area contributed by atoms with Gasteiger partial charge in [-0.15, -0.1) is 0 Å². The normalized spacial score (nSPS) is 12.5. The minimum Gasteiger partial charge on any atom is -0.490 e. The second kappa shape index (κ2) is 11.3. The summed E-state index contributed by atoms with van der Waals surface area (Å²) in [6.07, 6.45) is 1.98. The van der Waals surface area contributed by atoms with Crippen molar-refractivity contribution >= 4 is 22.3 Å². The van der Waals surface area contributed by atoms with Crippen molar-refractivity contribution in [1.29, 1.82) is 0 Å². The fourth-order valence-corrected chi connectivity index (χ4v) is 3.44. The number of benzene rings is 3. The summed E-state index contributed by atoms with van der Waals surface area (Å²) in [4.78, 5) is 11.8. The molecule has 0 aromatic heterocycles. The summed E-state index contributed by atoms with van der Waals surface area (Å²) in [5, 5.41) is 2.47. The molecule has 1 unspecified atom stereocenters. The lowest BCUT2D eigenvalue weighted by Crippen LogP contribution is -2.13. The Morgan fingerprint density at radius 3 is 2.39 bits per heavy atom. The van der Waals surface area contributed by atoms with Gasteiger partial charge in [0.2, 0.25) is 0 Å². The molecule has 3 aromatic carbocycles. The van der Waals surface area contributed by atoms with E-state index in [2.05, 4.69) is 55.5 Å². The van der Waals surface area contributed by atoms with Crippen LogP contribution in [0.25, 0.3) is 16.3 Å². The van der Waals surface area contributed by atoms with Gasteiger partial charge in [0.15, 0.2) is 0 Å². The Morgan fingerprint density at radius 1 is 0.935 bits per heavy atom. The molecule has 162 valence electrons. The van der Waals surface area contributed by atoms with Gasteiger partial charge in [0.25, 0.3) is 0 Å². The largest absolute Gasteiger partial charge is 0.490 e. The van der Waals surface area contributed by atoms with Crippen molar-refractivity contribution in [3.05, 3.63) is 83.9 Å². The summed E-state index contributed by atoms with van der Waals surface area (Å²) < 4.78 is 16.7. The van der Waals surface area contributed by atoms with Crippen LogP contribution in [-0.4, -0.2) is 25.8 Å². The zero-order valence-corrected chi connectivity index (χ0v) is 18.5. The van der Waals surface area contributed by atoms with Crippen LogP contribution in [0.4, 0.5) is 0 Å². The first-order chi connectivity index (χ1) is 15.1. The molecular weight excluding hydrogens is 388 g/mol. The molecule has 0 heterocycles. The molecule has 0 saturated carbocycles. The maximum Gasteiger partial charge on any atom is 0.308 e. The Kier molecular flexibility index (Phi) is 8.25. The monoisotopic (exact) mass is 418 g/mol. The summed E-state index contributed by atoms with van der Waals surface area (Å²) in [5.74, 6) is 0.522. The van der Waals surface area contributed by atoms with E-state index in [1.54, 1.807) is 6.92 Å². The molecule has 1 atom stereocenters. The molecule has 3 aromatic rings. The number of hydrogen-bond donors (Lipinski definition) is 0. The third-order valence-electron chi connectivity index (χ3n) is 5.12. The number of carbonyl (C=O) groups excluding carboxylic acids is 1. The summed E-state index contributed by atoms with van der Waals surface area (Å²) in [7, 11) is 0. The lowest BCUT2D eigenvalue weighted by molar-refractivity contribution is -0.146. The van der Waals surface area contributed by atoms with E-state index < -0.39 is 0 Å². The molecule has 0 bridgehead atoms. The van der Waals surface area contributed by atoms with Gasteiger partial charge in [-0.2, -0.15) is 0 Å². The summed E-state index contributed by atoms with van der Waals surface area (Å²) in [6, 6.07) is 22.5. The quantitative estimate of drug-likeness (QED) is 0.360. The number of carbonyl (C=O) groups is 1. The van der Waals surface area contributed by atoms with Gasteiger partial charge in [0.05, 0.1) is 19.1 Å². The number of rotatable bonds is 10. The standard InChI is InChI=1S/C27H30O4/c1-4-29-26(19-27(28)30-5-2)22-12-14-25(15-13-22)31-17-16-20(3)23-11-10-21-8-6-7-9-24(21)18-23/h6-16,18,26H,4-5,17,19H2,1-3H3. The second-order valence-electron chi connectivity index (χ2n) is 7.28. The average Bonchev–Trinajstić information content (AvgIpc) is 2.79. The van der Waals surface area contributed by atoms with Crippen LogP contribution in [0.2, 0.25) is 0 Å². The molecule has 0 fully saturated rings. The Labute approximate surface area is 184 Å². The number of allylic oxidation sites excluding steroid dienone is 1. The highest BCUT2D eigenvalue weighted by Gasteiger charge is 2.17. The lowest BCUT2D eigenvalue weighted by atomic mass is 10.0. The van der Waals surface area contributed by atoms with Crippen LogP contribution < -0.4 is 4.74 Å². The third-order valence-corrected chi connectivity index (χ3v) is 5.12. The molecule has 0 amide bonds. The van der Waals surface area contributed by atoms with Crippen molar-refractivity contribution < 1.29 is 19.0 Å². The maximum absolute atomic E-state index is 11.8. The SMILES string of the molecule is CCOC(=O)CC(OCC)c1ccc(OCC=C(C)c2ccc3ccccc3c2)cc1. The molecule has 0 aliphatic rings. The van der Waals surface area contributed by atoms with Gasteiger partial charge < -0.3 is 14.2 Å². The van der Waals surface area contributed by atoms with Gasteiger partial charge >= 0.3 is 5.97 Å². The van der Waals surface area contributed by atoms with Crippen LogP contribution in [0.1, 0.15) is 44.4 Å². The fraction of sp³-hybridized carbons (Fsp3) is 0.296. The first-order valence-electron chi connectivity index (χ1n) is 10.8. The van der Waals surface area contributed by atoms with Crippen LogP contribution >= 0.6 is 0 Å². The molecule has 0 radical (unpaired) electrons. The zero-order valence-electron chi connectivity index (χ0n) is 18.5. The van der Waals surface area contributed by atoms with Crippen LogP contribution in [-0.2, 0) is 14.3 Å². The summed E-state index contributed by atoms with van der Waals surface area (Å²) in [6.45, 7) is 7.20. The third kappa shape index (κ3) is 6.43. The van der Waals surface area contributed by atoms with E-state index >= 15 is 0 Å². The maximum atomic E-state index is 11.8. The Balaban J connectivity index is 1.60. The van der Waals surface area contributed by atoms with Crippen LogP contribution in [0.3, 0.4) is 0 Å². The van der Waals surface area contributed by atoms with E-state index in [0.29, 0.717) is 19.8 Å². The summed E-state index contributed by atoms with van der Waals surface area (Å²) in [5.41, 5.74) is 3.30. The van der Waals surface area contributed by atoms with Crippen LogP contribution in [0, 0.1) is 0 Å². The topological polar surface area (TPSA) is 44.8 Å². The molecule has 31 heavy (non-hydrogen) atoms. The fourth-order valence-electron chi connectivity index (χ4n) is 3.44. The van der Waals surface area contributed by atoms with Crippen molar-refractivity contribution in [1.82, 2.24) is 0 Å². The minimum absolute atomic E-state index is 0.204. The predicted octanol–water partition coefficient (Wildman–Crippen LogP) is 6.35. The first-order valence-corrected chi connectivity index (χ1v) is 10.8. The zero-order chi connectivity index (χ0) is 22.1. The molecule has 0 aliphatic carbocycles. The lowest BCUT2D eigenvalue weighted by Gasteiger charge is -2.17. The molecule has 3 rings (SSSR count). The van der Waals surface area contributed by atoms with Crippen LogP contribution in [0.15, 0.2) is 72.8 Å². The minimum atomic E-state index is -0.312. The van der Waals surface area contributed by atoms with Crippen LogP contribution in [0.5, 0.6) is 5.75 Å². The number of ether oxygens (including phenoxy) is 3. The van der Waals surface area contributed by atoms with Gasteiger partial charge in [0, 0.05) is 6.61 Å². The second-order valence-corrected chi connectivity index (χ2v) is 7.28. The smallest absolute Gasteiger partial charge is 0.308 e. The molecule has 0 saturated heterocycles. The molecule has 0 N–H and O–H groups in total. The van der Waals surface area contributed by atoms with Gasteiger partial charge in [-0.05, 0) is 72.5 Å². The highest BCUT2D eigenvalue weighted by molar-refractivity contribution is 5.86. The van der Waals surface area contributed by atoms with Gasteiger partial charge in [-0.25, -0.2) is 0 Å². The van der Waals surface area contributed by atoms with Crippen molar-refractivity contribution in [3.8, 4) is 5.75 Å². The van der Waals surface area contributed by atoms with Crippen molar-refractivity contribution in [2.24, 2.45) is 0 Å². The van der Waals surface area contributed by atoms with E-state index in [9.17, 15) is 4.79 Å². The Morgan fingerprint density at radius 2 is 1.68 bits per heavy atom. The number of esters is 1. The number of hydrogen-bond acceptors (Lipinski definition) is 4.